The van der Waals surface area contributed by atoms with Gasteiger partial charge in [-0.3, -0.25) is 9.67 Å². The first kappa shape index (κ1) is 13.2. The molecule has 0 spiro atoms. The monoisotopic (exact) mass is 310 g/mol. The van der Waals surface area contributed by atoms with Gasteiger partial charge in [-0.25, -0.2) is 4.98 Å². The van der Waals surface area contributed by atoms with Crippen LogP contribution in [0.2, 0.25) is 0 Å². The van der Waals surface area contributed by atoms with Gasteiger partial charge in [-0.1, -0.05) is 6.92 Å². The minimum atomic E-state index is -0.616. The number of rotatable bonds is 5. The van der Waals surface area contributed by atoms with Crippen molar-refractivity contribution in [2.75, 3.05) is 0 Å². The van der Waals surface area contributed by atoms with E-state index in [0.717, 1.165) is 28.8 Å². The third-order valence-electron chi connectivity index (χ3n) is 2.62. The van der Waals surface area contributed by atoms with E-state index in [9.17, 15) is 5.11 Å². The van der Waals surface area contributed by atoms with Crippen LogP contribution < -0.4 is 0 Å². The first-order chi connectivity index (χ1) is 8.70. The molecule has 0 aliphatic rings. The van der Waals surface area contributed by atoms with Gasteiger partial charge in [0.2, 0.25) is 0 Å². The summed E-state index contributed by atoms with van der Waals surface area (Å²) in [5.74, 6) is 0.796. The standard InChI is InChI=1S/C12H15BrN4O/c1-2-3-17-12(15-8-16-17)5-11(18)9-4-10(13)7-14-6-9/h4,6-8,11,18H,2-3,5H2,1H3. The fourth-order valence-electron chi connectivity index (χ4n) is 1.75. The molecule has 0 saturated carbocycles. The summed E-state index contributed by atoms with van der Waals surface area (Å²) in [4.78, 5) is 8.23. The van der Waals surface area contributed by atoms with Gasteiger partial charge in [0.25, 0.3) is 0 Å². The Balaban J connectivity index is 2.11. The summed E-state index contributed by atoms with van der Waals surface area (Å²) in [6.07, 6.45) is 5.70. The van der Waals surface area contributed by atoms with Crippen LogP contribution in [0, 0.1) is 0 Å². The maximum absolute atomic E-state index is 10.2. The Morgan fingerprint density at radius 2 is 2.28 bits per heavy atom. The van der Waals surface area contributed by atoms with Gasteiger partial charge in [0.15, 0.2) is 0 Å². The smallest absolute Gasteiger partial charge is 0.138 e. The number of aliphatic hydroxyl groups is 1. The van der Waals surface area contributed by atoms with Gasteiger partial charge in [-0.05, 0) is 28.4 Å². The molecule has 2 rings (SSSR count). The van der Waals surface area contributed by atoms with E-state index in [1.54, 1.807) is 12.4 Å². The average molecular weight is 311 g/mol. The zero-order chi connectivity index (χ0) is 13.0. The molecule has 0 aromatic carbocycles. The number of halogens is 1. The summed E-state index contributed by atoms with van der Waals surface area (Å²) in [7, 11) is 0. The van der Waals surface area contributed by atoms with Gasteiger partial charge in [-0.15, -0.1) is 0 Å². The summed E-state index contributed by atoms with van der Waals surface area (Å²) in [5.41, 5.74) is 0.774. The lowest BCUT2D eigenvalue weighted by molar-refractivity contribution is 0.173. The molecule has 0 aliphatic carbocycles. The Labute approximate surface area is 114 Å². The van der Waals surface area contributed by atoms with Gasteiger partial charge in [0, 0.05) is 35.4 Å². The highest BCUT2D eigenvalue weighted by Crippen LogP contribution is 2.19. The summed E-state index contributed by atoms with van der Waals surface area (Å²) < 4.78 is 2.68. The van der Waals surface area contributed by atoms with Crippen molar-refractivity contribution in [3.05, 3.63) is 40.6 Å². The van der Waals surface area contributed by atoms with Crippen molar-refractivity contribution in [1.29, 1.82) is 0 Å². The molecule has 0 aliphatic heterocycles. The van der Waals surface area contributed by atoms with Crippen LogP contribution in [-0.4, -0.2) is 24.9 Å². The van der Waals surface area contributed by atoms with Crippen LogP contribution in [0.3, 0.4) is 0 Å². The predicted octanol–water partition coefficient (Wildman–Crippen LogP) is 2.12. The molecule has 1 atom stereocenters. The molecule has 0 saturated heterocycles. The van der Waals surface area contributed by atoms with Crippen LogP contribution in [0.4, 0.5) is 0 Å². The molecule has 18 heavy (non-hydrogen) atoms. The molecule has 2 aromatic heterocycles. The van der Waals surface area contributed by atoms with Crippen LogP contribution in [-0.2, 0) is 13.0 Å². The number of aromatic nitrogens is 4. The molecule has 6 heteroatoms. The number of hydrogen-bond donors (Lipinski definition) is 1. The third-order valence-corrected chi connectivity index (χ3v) is 3.05. The zero-order valence-corrected chi connectivity index (χ0v) is 11.7. The highest BCUT2D eigenvalue weighted by Gasteiger charge is 2.13. The summed E-state index contributed by atoms with van der Waals surface area (Å²) in [6.45, 7) is 2.90. The fraction of sp³-hybridized carbons (Fsp3) is 0.417. The van der Waals surface area contributed by atoms with Crippen molar-refractivity contribution in [3.8, 4) is 0 Å². The van der Waals surface area contributed by atoms with Gasteiger partial charge in [-0.2, -0.15) is 5.10 Å². The zero-order valence-electron chi connectivity index (χ0n) is 10.1. The van der Waals surface area contributed by atoms with E-state index in [-0.39, 0.29) is 0 Å². The highest BCUT2D eigenvalue weighted by atomic mass is 79.9. The molecule has 1 unspecified atom stereocenters. The van der Waals surface area contributed by atoms with E-state index in [2.05, 4.69) is 37.9 Å². The first-order valence-corrected chi connectivity index (χ1v) is 6.65. The second kappa shape index (κ2) is 6.06. The van der Waals surface area contributed by atoms with Crippen molar-refractivity contribution in [2.24, 2.45) is 0 Å². The van der Waals surface area contributed by atoms with Crippen LogP contribution in [0.1, 0.15) is 30.8 Å². The second-order valence-electron chi connectivity index (χ2n) is 4.06. The molecule has 1 N–H and O–H groups in total. The minimum absolute atomic E-state index is 0.443. The van der Waals surface area contributed by atoms with Crippen LogP contribution in [0.15, 0.2) is 29.3 Å². The fourth-order valence-corrected chi connectivity index (χ4v) is 2.13. The van der Waals surface area contributed by atoms with Crippen molar-refractivity contribution in [3.63, 3.8) is 0 Å². The molecule has 96 valence electrons. The Morgan fingerprint density at radius 3 is 3.00 bits per heavy atom. The van der Waals surface area contributed by atoms with Gasteiger partial charge in [0.05, 0.1) is 6.10 Å². The molecule has 0 bridgehead atoms. The minimum Gasteiger partial charge on any atom is -0.388 e. The quantitative estimate of drug-likeness (QED) is 0.919. The molecule has 0 amide bonds. The van der Waals surface area contributed by atoms with E-state index >= 15 is 0 Å². The maximum Gasteiger partial charge on any atom is 0.138 e. The van der Waals surface area contributed by atoms with E-state index in [1.165, 1.54) is 6.33 Å². The lowest BCUT2D eigenvalue weighted by atomic mass is 10.1. The Hall–Kier alpha value is -1.27. The van der Waals surface area contributed by atoms with Crippen LogP contribution >= 0.6 is 15.9 Å². The number of aryl methyl sites for hydroxylation is 1. The maximum atomic E-state index is 10.2. The largest absolute Gasteiger partial charge is 0.388 e. The summed E-state index contributed by atoms with van der Waals surface area (Å²) in [5, 5.41) is 14.3. The topological polar surface area (TPSA) is 63.8 Å². The molecule has 5 nitrogen and oxygen atoms in total. The van der Waals surface area contributed by atoms with E-state index in [4.69, 9.17) is 0 Å². The predicted molar refractivity (Wildman–Crippen MR) is 70.9 cm³/mol. The van der Waals surface area contributed by atoms with Crippen molar-refractivity contribution >= 4 is 15.9 Å². The van der Waals surface area contributed by atoms with E-state index in [0.29, 0.717) is 6.42 Å². The molecular formula is C12H15BrN4O. The lowest BCUT2D eigenvalue weighted by Crippen LogP contribution is -2.10. The average Bonchev–Trinajstić information content (AvgIpc) is 2.77. The molecule has 0 fully saturated rings. The Bertz CT molecular complexity index is 514. The third kappa shape index (κ3) is 3.14. The van der Waals surface area contributed by atoms with Crippen LogP contribution in [0.5, 0.6) is 0 Å². The Kier molecular flexibility index (Phi) is 4.43. The van der Waals surface area contributed by atoms with Crippen molar-refractivity contribution in [1.82, 2.24) is 19.7 Å². The normalized spacial score (nSPS) is 12.6. The lowest BCUT2D eigenvalue weighted by Gasteiger charge is -2.11. The number of nitrogens with zero attached hydrogens (tertiary/aromatic N) is 4. The van der Waals surface area contributed by atoms with Gasteiger partial charge >= 0.3 is 0 Å². The Morgan fingerprint density at radius 1 is 1.44 bits per heavy atom. The van der Waals surface area contributed by atoms with E-state index < -0.39 is 6.10 Å². The summed E-state index contributed by atoms with van der Waals surface area (Å²) in [6, 6.07) is 1.86. The van der Waals surface area contributed by atoms with Crippen LogP contribution in [0.25, 0.3) is 0 Å². The molecule has 2 heterocycles. The SMILES string of the molecule is CCCn1ncnc1CC(O)c1cncc(Br)c1. The molecule has 0 radical (unpaired) electrons. The molecular weight excluding hydrogens is 296 g/mol. The van der Waals surface area contributed by atoms with Crippen molar-refractivity contribution in [2.45, 2.75) is 32.4 Å². The number of aliphatic hydroxyl groups excluding tert-OH is 1. The summed E-state index contributed by atoms with van der Waals surface area (Å²) >= 11 is 3.34. The second-order valence-corrected chi connectivity index (χ2v) is 4.97. The van der Waals surface area contributed by atoms with Crippen molar-refractivity contribution < 1.29 is 5.11 Å². The number of pyridine rings is 1. The van der Waals surface area contributed by atoms with Gasteiger partial charge < -0.3 is 5.11 Å². The van der Waals surface area contributed by atoms with E-state index in [1.807, 2.05) is 10.7 Å². The highest BCUT2D eigenvalue weighted by molar-refractivity contribution is 9.10. The first-order valence-electron chi connectivity index (χ1n) is 5.86. The molecule has 2 aromatic rings. The van der Waals surface area contributed by atoms with Gasteiger partial charge in [0.1, 0.15) is 12.2 Å². The number of hydrogen-bond acceptors (Lipinski definition) is 4.